The van der Waals surface area contributed by atoms with Crippen molar-refractivity contribution in [2.24, 2.45) is 11.7 Å². The zero-order valence-corrected chi connectivity index (χ0v) is 22.7. The molecule has 9 nitrogen and oxygen atoms in total. The number of carbonyl (C=O) groups is 2. The Morgan fingerprint density at radius 3 is 2.49 bits per heavy atom. The van der Waals surface area contributed by atoms with Gasteiger partial charge in [0.25, 0.3) is 0 Å². The van der Waals surface area contributed by atoms with E-state index >= 15 is 0 Å². The van der Waals surface area contributed by atoms with Crippen LogP contribution in [-0.4, -0.2) is 59.7 Å². The highest BCUT2D eigenvalue weighted by molar-refractivity contribution is 7.15. The fourth-order valence-corrected chi connectivity index (χ4v) is 5.14. The standard InChI is InChI=1S/C23H33N7O2S.2ClH/c1-15(31)26-23-28-19(11-8-16-6-9-18(10-7-16)27-22(24)25)20(33-23)14-30-12-4-5-17(13-30)21(32)29(2)3;;/h6-7,9-10,17H,4-5,8,11-14H2,1-3H3,(H4,24,25,27)(H,26,28,31);2*1H/t17-;;/m0../s1. The summed E-state index contributed by atoms with van der Waals surface area (Å²) in [6.07, 6.45) is 3.48. The fourth-order valence-electron chi connectivity index (χ4n) is 4.05. The number of amides is 2. The highest BCUT2D eigenvalue weighted by atomic mass is 35.5. The molecule has 1 aliphatic rings. The van der Waals surface area contributed by atoms with E-state index in [-0.39, 0.29) is 48.5 Å². The largest absolute Gasteiger partial charge is 0.370 e. The number of nitrogens with zero attached hydrogens (tertiary/aromatic N) is 3. The van der Waals surface area contributed by atoms with Crippen molar-refractivity contribution in [3.63, 3.8) is 0 Å². The van der Waals surface area contributed by atoms with Gasteiger partial charge in [0.05, 0.1) is 11.6 Å². The number of aromatic nitrogens is 1. The molecular weight excluding hydrogens is 509 g/mol. The quantitative estimate of drug-likeness (QED) is 0.298. The number of hydrogen-bond acceptors (Lipinski definition) is 6. The highest BCUT2D eigenvalue weighted by Crippen LogP contribution is 2.28. The summed E-state index contributed by atoms with van der Waals surface area (Å²) >= 11 is 1.51. The van der Waals surface area contributed by atoms with E-state index in [4.69, 9.17) is 16.1 Å². The van der Waals surface area contributed by atoms with E-state index in [2.05, 4.69) is 15.5 Å². The van der Waals surface area contributed by atoms with Gasteiger partial charge in [-0.05, 0) is 49.9 Å². The molecule has 0 unspecified atom stereocenters. The zero-order chi connectivity index (χ0) is 24.0. The Hall–Kier alpha value is -2.40. The van der Waals surface area contributed by atoms with Crippen LogP contribution >= 0.6 is 36.2 Å². The first-order valence-electron chi connectivity index (χ1n) is 11.1. The molecule has 0 spiro atoms. The number of nitrogens with two attached hydrogens (primary N) is 1. The molecule has 1 atom stereocenters. The van der Waals surface area contributed by atoms with E-state index < -0.39 is 0 Å². The van der Waals surface area contributed by atoms with Gasteiger partial charge in [0.15, 0.2) is 11.1 Å². The molecule has 1 fully saturated rings. The molecule has 0 saturated carbocycles. The molecule has 1 aromatic heterocycles. The van der Waals surface area contributed by atoms with Crippen LogP contribution in [0.5, 0.6) is 0 Å². The number of halogens is 2. The van der Waals surface area contributed by atoms with Crippen molar-refractivity contribution in [3.8, 4) is 0 Å². The Labute approximate surface area is 223 Å². The molecule has 5 N–H and O–H groups in total. The Morgan fingerprint density at radius 2 is 1.89 bits per heavy atom. The van der Waals surface area contributed by atoms with Crippen LogP contribution in [0.4, 0.5) is 10.8 Å². The first kappa shape index (κ1) is 30.6. The maximum absolute atomic E-state index is 12.4. The molecule has 1 saturated heterocycles. The number of guanidine groups is 1. The summed E-state index contributed by atoms with van der Waals surface area (Å²) in [4.78, 5) is 33.8. The van der Waals surface area contributed by atoms with Crippen molar-refractivity contribution >= 4 is 64.7 Å². The number of benzene rings is 1. The van der Waals surface area contributed by atoms with Gasteiger partial charge in [0, 0.05) is 44.7 Å². The summed E-state index contributed by atoms with van der Waals surface area (Å²) in [6.45, 7) is 3.91. The Balaban J connectivity index is 0.00000306. The molecule has 194 valence electrons. The number of hydrogen-bond donors (Lipinski definition) is 4. The van der Waals surface area contributed by atoms with Crippen LogP contribution in [0.3, 0.4) is 0 Å². The molecule has 35 heavy (non-hydrogen) atoms. The molecule has 2 amide bonds. The first-order valence-corrected chi connectivity index (χ1v) is 11.9. The number of rotatable bonds is 8. The minimum atomic E-state index is -0.134. The van der Waals surface area contributed by atoms with Crippen LogP contribution in [0.15, 0.2) is 24.3 Å². The molecule has 2 aromatic rings. The lowest BCUT2D eigenvalue weighted by atomic mass is 9.96. The third-order valence-corrected chi connectivity index (χ3v) is 6.61. The second-order valence-corrected chi connectivity index (χ2v) is 9.70. The second-order valence-electron chi connectivity index (χ2n) is 8.61. The van der Waals surface area contributed by atoms with Crippen molar-refractivity contribution < 1.29 is 9.59 Å². The van der Waals surface area contributed by atoms with Gasteiger partial charge in [-0.1, -0.05) is 12.1 Å². The summed E-state index contributed by atoms with van der Waals surface area (Å²) in [6, 6.07) is 7.82. The molecule has 1 aromatic carbocycles. The number of aryl methyl sites for hydroxylation is 2. The van der Waals surface area contributed by atoms with Gasteiger partial charge in [0.2, 0.25) is 11.8 Å². The van der Waals surface area contributed by atoms with Gasteiger partial charge in [-0.3, -0.25) is 19.9 Å². The zero-order valence-electron chi connectivity index (χ0n) is 20.3. The first-order chi connectivity index (χ1) is 15.7. The smallest absolute Gasteiger partial charge is 0.226 e. The van der Waals surface area contributed by atoms with Gasteiger partial charge in [-0.15, -0.1) is 36.2 Å². The monoisotopic (exact) mass is 543 g/mol. The predicted molar refractivity (Wildman–Crippen MR) is 147 cm³/mol. The number of likely N-dealkylation sites (tertiary alicyclic amines) is 1. The van der Waals surface area contributed by atoms with Crippen LogP contribution in [0.2, 0.25) is 0 Å². The number of anilines is 2. The lowest BCUT2D eigenvalue weighted by Crippen LogP contribution is -2.42. The predicted octanol–water partition coefficient (Wildman–Crippen LogP) is 3.34. The summed E-state index contributed by atoms with van der Waals surface area (Å²) in [5.41, 5.74) is 8.29. The van der Waals surface area contributed by atoms with Gasteiger partial charge < -0.3 is 21.3 Å². The number of thiazole rings is 1. The minimum Gasteiger partial charge on any atom is -0.370 e. The van der Waals surface area contributed by atoms with Gasteiger partial charge in [-0.2, -0.15) is 0 Å². The van der Waals surface area contributed by atoms with Crippen molar-refractivity contribution in [3.05, 3.63) is 40.4 Å². The maximum Gasteiger partial charge on any atom is 0.226 e. The van der Waals surface area contributed by atoms with E-state index in [9.17, 15) is 9.59 Å². The highest BCUT2D eigenvalue weighted by Gasteiger charge is 2.27. The number of carbonyl (C=O) groups excluding carboxylic acids is 2. The van der Waals surface area contributed by atoms with Crippen LogP contribution < -0.4 is 16.4 Å². The van der Waals surface area contributed by atoms with Crippen molar-refractivity contribution in [2.45, 2.75) is 39.2 Å². The summed E-state index contributed by atoms with van der Waals surface area (Å²) in [5.74, 6) is -0.00874. The summed E-state index contributed by atoms with van der Waals surface area (Å²) in [7, 11) is 3.62. The van der Waals surface area contributed by atoms with Gasteiger partial charge in [0.1, 0.15) is 0 Å². The van der Waals surface area contributed by atoms with E-state index in [1.807, 2.05) is 38.4 Å². The van der Waals surface area contributed by atoms with Crippen molar-refractivity contribution in [1.82, 2.24) is 14.8 Å². The number of nitrogens with one attached hydrogen (secondary N) is 3. The number of piperidine rings is 1. The molecule has 12 heteroatoms. The lowest BCUT2D eigenvalue weighted by Gasteiger charge is -2.33. The van der Waals surface area contributed by atoms with Crippen LogP contribution in [0.1, 0.15) is 35.9 Å². The molecule has 1 aliphatic heterocycles. The Bertz CT molecular complexity index is 998. The average molecular weight is 545 g/mol. The molecule has 0 aliphatic carbocycles. The maximum atomic E-state index is 12.4. The van der Waals surface area contributed by atoms with Gasteiger partial charge in [-0.25, -0.2) is 4.98 Å². The normalized spacial score (nSPS) is 15.3. The van der Waals surface area contributed by atoms with E-state index in [0.29, 0.717) is 5.13 Å². The van der Waals surface area contributed by atoms with Crippen LogP contribution in [0, 0.1) is 11.3 Å². The Kier molecular flexibility index (Phi) is 12.5. The van der Waals surface area contributed by atoms with E-state index in [1.54, 1.807) is 4.90 Å². The third-order valence-electron chi connectivity index (χ3n) is 5.61. The second kappa shape index (κ2) is 14.2. The molecule has 3 rings (SSSR count). The van der Waals surface area contributed by atoms with Crippen LogP contribution in [-0.2, 0) is 29.0 Å². The lowest BCUT2D eigenvalue weighted by molar-refractivity contribution is -0.134. The average Bonchev–Trinajstić information content (AvgIpc) is 3.12. The van der Waals surface area contributed by atoms with Crippen molar-refractivity contribution in [1.29, 1.82) is 5.41 Å². The van der Waals surface area contributed by atoms with E-state index in [0.717, 1.165) is 67.1 Å². The van der Waals surface area contributed by atoms with Crippen LogP contribution in [0.25, 0.3) is 0 Å². The van der Waals surface area contributed by atoms with E-state index in [1.165, 1.54) is 18.3 Å². The third kappa shape index (κ3) is 9.29. The van der Waals surface area contributed by atoms with Crippen molar-refractivity contribution in [2.75, 3.05) is 37.8 Å². The summed E-state index contributed by atoms with van der Waals surface area (Å²) < 4.78 is 0. The van der Waals surface area contributed by atoms with Gasteiger partial charge >= 0.3 is 0 Å². The fraction of sp³-hybridized carbons (Fsp3) is 0.478. The molecular formula is C23H35Cl2N7O2S. The summed E-state index contributed by atoms with van der Waals surface area (Å²) in [5, 5.41) is 13.5. The molecule has 0 radical (unpaired) electrons. The molecule has 0 bridgehead atoms. The molecule has 2 heterocycles. The Morgan fingerprint density at radius 1 is 1.20 bits per heavy atom. The SMILES string of the molecule is CC(=O)Nc1nc(CCc2ccc(NC(=N)N)cc2)c(CN2CCC[C@H](C(=O)N(C)C)C2)s1.Cl.Cl. The minimum absolute atomic E-state index is 0. The topological polar surface area (TPSA) is 127 Å².